The number of carbonyl (C=O) groups excluding carboxylic acids is 3. The maximum atomic E-state index is 13.6. The Morgan fingerprint density at radius 3 is 2.29 bits per heavy atom. The highest BCUT2D eigenvalue weighted by molar-refractivity contribution is 5.90. The second-order valence-corrected chi connectivity index (χ2v) is 11.6. The molecule has 2 atom stereocenters. The Bertz CT molecular complexity index is 1430. The molecule has 2 amide bonds. The molecule has 3 aromatic rings. The lowest BCUT2D eigenvalue weighted by Crippen LogP contribution is -2.53. The van der Waals surface area contributed by atoms with E-state index >= 15 is 0 Å². The largest absolute Gasteiger partial charge is 0.464 e. The summed E-state index contributed by atoms with van der Waals surface area (Å²) in [5.74, 6) is -1.06. The number of nitrogens with one attached hydrogen (secondary N) is 2. The van der Waals surface area contributed by atoms with E-state index in [4.69, 9.17) is 14.5 Å². The Labute approximate surface area is 262 Å². The summed E-state index contributed by atoms with van der Waals surface area (Å²) in [5.41, 5.74) is 2.13. The molecule has 0 aliphatic carbocycles. The molecule has 1 aromatic heterocycles. The number of rotatable bonds is 15. The third kappa shape index (κ3) is 10.4. The third-order valence-corrected chi connectivity index (χ3v) is 6.97. The SMILES string of the molecule is CCOC(=O)[C@H](Cc1ccc(F)cc1)NC(=O)[C@H](CCc1nc2cc(N(CCO)CCO)ccc2n1C)NC(=O)OC(C)(C)C. The van der Waals surface area contributed by atoms with Gasteiger partial charge in [0.25, 0.3) is 0 Å². The van der Waals surface area contributed by atoms with Gasteiger partial charge in [0.2, 0.25) is 5.91 Å². The van der Waals surface area contributed by atoms with Gasteiger partial charge in [-0.3, -0.25) is 4.79 Å². The number of amides is 2. The molecule has 0 saturated heterocycles. The first-order chi connectivity index (χ1) is 21.3. The highest BCUT2D eigenvalue weighted by Gasteiger charge is 2.30. The summed E-state index contributed by atoms with van der Waals surface area (Å²) >= 11 is 0. The Hall–Kier alpha value is -4.23. The molecule has 0 fully saturated rings. The van der Waals surface area contributed by atoms with Crippen molar-refractivity contribution in [3.05, 3.63) is 59.7 Å². The van der Waals surface area contributed by atoms with Crippen molar-refractivity contribution >= 4 is 34.7 Å². The quantitative estimate of drug-likeness (QED) is 0.186. The molecule has 13 heteroatoms. The predicted octanol–water partition coefficient (Wildman–Crippen LogP) is 2.62. The zero-order valence-corrected chi connectivity index (χ0v) is 26.5. The Kier molecular flexibility index (Phi) is 12.7. The number of nitrogens with zero attached hydrogens (tertiary/aromatic N) is 3. The van der Waals surface area contributed by atoms with E-state index in [-0.39, 0.29) is 39.1 Å². The van der Waals surface area contributed by atoms with Crippen molar-refractivity contribution in [1.29, 1.82) is 0 Å². The summed E-state index contributed by atoms with van der Waals surface area (Å²) in [6.45, 7) is 7.44. The van der Waals surface area contributed by atoms with E-state index in [2.05, 4.69) is 10.6 Å². The summed E-state index contributed by atoms with van der Waals surface area (Å²) in [6.07, 6.45) is -0.326. The number of imidazole rings is 1. The van der Waals surface area contributed by atoms with Crippen LogP contribution >= 0.6 is 0 Å². The van der Waals surface area contributed by atoms with E-state index in [1.54, 1.807) is 27.7 Å². The molecule has 45 heavy (non-hydrogen) atoms. The van der Waals surface area contributed by atoms with Crippen LogP contribution in [0.2, 0.25) is 0 Å². The number of alkyl carbamates (subject to hydrolysis) is 1. The number of aromatic nitrogens is 2. The number of ether oxygens (including phenoxy) is 2. The van der Waals surface area contributed by atoms with Gasteiger partial charge in [-0.2, -0.15) is 0 Å². The van der Waals surface area contributed by atoms with Crippen LogP contribution in [-0.4, -0.2) is 88.3 Å². The van der Waals surface area contributed by atoms with Crippen molar-refractivity contribution in [1.82, 2.24) is 20.2 Å². The van der Waals surface area contributed by atoms with Crippen LogP contribution in [0.5, 0.6) is 0 Å². The van der Waals surface area contributed by atoms with Crippen molar-refractivity contribution < 1.29 is 38.5 Å². The molecule has 0 saturated carbocycles. The first-order valence-electron chi connectivity index (χ1n) is 15.0. The number of esters is 1. The fraction of sp³-hybridized carbons (Fsp3) is 0.500. The first-order valence-corrected chi connectivity index (χ1v) is 15.0. The van der Waals surface area contributed by atoms with E-state index in [0.29, 0.717) is 30.0 Å². The minimum atomic E-state index is -1.09. The minimum Gasteiger partial charge on any atom is -0.464 e. The number of halogens is 1. The van der Waals surface area contributed by atoms with Crippen LogP contribution in [0.3, 0.4) is 0 Å². The Morgan fingerprint density at radius 1 is 1.02 bits per heavy atom. The van der Waals surface area contributed by atoms with E-state index < -0.39 is 41.5 Å². The molecule has 4 N–H and O–H groups in total. The highest BCUT2D eigenvalue weighted by Crippen LogP contribution is 2.23. The summed E-state index contributed by atoms with van der Waals surface area (Å²) in [4.78, 5) is 45.8. The maximum absolute atomic E-state index is 13.6. The number of aliphatic hydroxyl groups excluding tert-OH is 2. The molecule has 2 aromatic carbocycles. The number of aryl methyl sites for hydroxylation is 2. The van der Waals surface area contributed by atoms with E-state index in [0.717, 1.165) is 11.2 Å². The van der Waals surface area contributed by atoms with Gasteiger partial charge in [0.15, 0.2) is 0 Å². The van der Waals surface area contributed by atoms with Crippen molar-refractivity contribution in [2.24, 2.45) is 7.05 Å². The number of hydrogen-bond donors (Lipinski definition) is 4. The van der Waals surface area contributed by atoms with Crippen molar-refractivity contribution in [2.45, 2.75) is 64.6 Å². The molecule has 246 valence electrons. The summed E-state index contributed by atoms with van der Waals surface area (Å²) < 4.78 is 25.9. The van der Waals surface area contributed by atoms with Crippen LogP contribution < -0.4 is 15.5 Å². The molecule has 0 aliphatic heterocycles. The van der Waals surface area contributed by atoms with Gasteiger partial charge in [0.1, 0.15) is 29.3 Å². The van der Waals surface area contributed by atoms with Crippen LogP contribution in [0, 0.1) is 5.82 Å². The van der Waals surface area contributed by atoms with Gasteiger partial charge in [0.05, 0.1) is 30.9 Å². The third-order valence-electron chi connectivity index (χ3n) is 6.97. The van der Waals surface area contributed by atoms with E-state index in [9.17, 15) is 29.0 Å². The van der Waals surface area contributed by atoms with Crippen molar-refractivity contribution in [3.63, 3.8) is 0 Å². The van der Waals surface area contributed by atoms with Crippen LogP contribution in [0.4, 0.5) is 14.9 Å². The molecular formula is C32H44FN5O7. The van der Waals surface area contributed by atoms with Crippen molar-refractivity contribution in [3.8, 4) is 0 Å². The number of carbonyl (C=O) groups is 3. The standard InChI is InChI=1S/C32H44FN5O7/c1-6-44-30(42)26(19-21-7-9-22(33)10-8-21)35-29(41)24(36-31(43)45-32(2,3)4)12-14-28-34-25-20-23(11-13-27(25)37(28)5)38(15-17-39)16-18-40/h7-11,13,20,24,26,39-40H,6,12,14-19H2,1-5H3,(H,35,41)(H,36,43)/t24-,26-/m0/s1. The Balaban J connectivity index is 1.84. The lowest BCUT2D eigenvalue weighted by atomic mass is 10.0. The summed E-state index contributed by atoms with van der Waals surface area (Å²) in [5, 5.41) is 24.2. The molecule has 0 aliphatic rings. The van der Waals surface area contributed by atoms with Gasteiger partial charge in [0, 0.05) is 38.7 Å². The smallest absolute Gasteiger partial charge is 0.408 e. The fourth-order valence-electron chi connectivity index (χ4n) is 4.83. The molecule has 3 rings (SSSR count). The number of hydrogen-bond acceptors (Lipinski definition) is 9. The lowest BCUT2D eigenvalue weighted by molar-refractivity contribution is -0.147. The topological polar surface area (TPSA) is 155 Å². The number of fused-ring (bicyclic) bond motifs is 1. The van der Waals surface area contributed by atoms with Gasteiger partial charge in [-0.15, -0.1) is 0 Å². The molecular weight excluding hydrogens is 585 g/mol. The van der Waals surface area contributed by atoms with Crippen LogP contribution in [0.25, 0.3) is 11.0 Å². The normalized spacial score (nSPS) is 12.8. The summed E-state index contributed by atoms with van der Waals surface area (Å²) in [6, 6.07) is 9.05. The van der Waals surface area contributed by atoms with Crippen molar-refractivity contribution in [2.75, 3.05) is 37.8 Å². The highest BCUT2D eigenvalue weighted by atomic mass is 19.1. The average Bonchev–Trinajstić information content (AvgIpc) is 3.29. The average molecular weight is 630 g/mol. The zero-order chi connectivity index (χ0) is 33.1. The molecule has 1 heterocycles. The van der Waals surface area contributed by atoms with Crippen LogP contribution in [0.15, 0.2) is 42.5 Å². The van der Waals surface area contributed by atoms with E-state index in [1.165, 1.54) is 24.3 Å². The van der Waals surface area contributed by atoms with Crippen LogP contribution in [0.1, 0.15) is 45.5 Å². The monoisotopic (exact) mass is 629 g/mol. The molecule has 0 bridgehead atoms. The van der Waals surface area contributed by atoms with Gasteiger partial charge in [-0.05, 0) is 70.0 Å². The molecule has 0 radical (unpaired) electrons. The number of benzene rings is 2. The number of anilines is 1. The first kappa shape index (κ1) is 35.3. The van der Waals surface area contributed by atoms with Gasteiger partial charge in [-0.1, -0.05) is 12.1 Å². The van der Waals surface area contributed by atoms with Gasteiger partial charge < -0.3 is 39.8 Å². The second kappa shape index (κ2) is 16.2. The second-order valence-electron chi connectivity index (χ2n) is 11.6. The molecule has 0 unspecified atom stereocenters. The van der Waals surface area contributed by atoms with E-state index in [1.807, 2.05) is 34.7 Å². The predicted molar refractivity (Wildman–Crippen MR) is 167 cm³/mol. The lowest BCUT2D eigenvalue weighted by Gasteiger charge is -2.25. The minimum absolute atomic E-state index is 0.0562. The zero-order valence-electron chi connectivity index (χ0n) is 26.5. The van der Waals surface area contributed by atoms with Gasteiger partial charge in [-0.25, -0.2) is 19.0 Å². The van der Waals surface area contributed by atoms with Crippen LogP contribution in [-0.2, 0) is 39.0 Å². The van der Waals surface area contributed by atoms with Gasteiger partial charge >= 0.3 is 12.1 Å². The molecule has 0 spiro atoms. The fourth-order valence-corrected chi connectivity index (χ4v) is 4.83. The number of aliphatic hydroxyl groups is 2. The summed E-state index contributed by atoms with van der Waals surface area (Å²) in [7, 11) is 1.85. The Morgan fingerprint density at radius 2 is 1.69 bits per heavy atom. The molecule has 12 nitrogen and oxygen atoms in total. The maximum Gasteiger partial charge on any atom is 0.408 e.